The minimum Gasteiger partial charge on any atom is -0.492 e. The normalized spacial score (nSPS) is 22.2. The van der Waals surface area contributed by atoms with Gasteiger partial charge in [0.05, 0.1) is 11.6 Å². The molecule has 0 bridgehead atoms. The molecule has 3 atom stereocenters. The number of halogens is 3. The summed E-state index contributed by atoms with van der Waals surface area (Å²) in [5, 5.41) is 9.40. The first-order valence-electron chi connectivity index (χ1n) is 14.3. The summed E-state index contributed by atoms with van der Waals surface area (Å²) in [6.45, 7) is 2.15. The van der Waals surface area contributed by atoms with Gasteiger partial charge in [0.15, 0.2) is 5.92 Å². The molecule has 0 spiro atoms. The van der Waals surface area contributed by atoms with Gasteiger partial charge in [0.1, 0.15) is 24.2 Å². The predicted molar refractivity (Wildman–Crippen MR) is 153 cm³/mol. The van der Waals surface area contributed by atoms with Gasteiger partial charge in [-0.2, -0.15) is 18.4 Å². The van der Waals surface area contributed by atoms with Gasteiger partial charge in [0.25, 0.3) is 5.91 Å². The lowest BCUT2D eigenvalue weighted by Gasteiger charge is -2.40. The fourth-order valence-corrected chi connectivity index (χ4v) is 6.25. The van der Waals surface area contributed by atoms with Crippen molar-refractivity contribution in [2.45, 2.75) is 24.8 Å². The molecule has 0 aliphatic carbocycles. The Morgan fingerprint density at radius 1 is 1.07 bits per heavy atom. The minimum atomic E-state index is -4.72. The van der Waals surface area contributed by atoms with Crippen LogP contribution in [0.4, 0.5) is 19.0 Å². The number of piperazine rings is 1. The smallest absolute Gasteiger partial charge is 0.402 e. The number of aromatic nitrogens is 1. The predicted octanol–water partition coefficient (Wildman–Crippen LogP) is 3.03. The molecule has 2 amide bonds. The van der Waals surface area contributed by atoms with Gasteiger partial charge in [-0.25, -0.2) is 10.4 Å². The SMILES string of the molecule is N#Cc1cccnc1N1CCN(C(=O)c2cccc(OCC3c4ccccc4CN3C3CNNC(=O)C3C(F)(F)F)c2)CC1. The Bertz CT molecular complexity index is 1590. The van der Waals surface area contributed by atoms with Crippen LogP contribution in [-0.2, 0) is 11.3 Å². The van der Waals surface area contributed by atoms with Crippen LogP contribution in [0.2, 0.25) is 0 Å². The number of hydrazine groups is 1. The standard InChI is InChI=1S/C31H30F3N7O3/c32-31(33,34)27-25(17-37-38-29(27)42)41-18-22-5-1-2-9-24(22)26(41)19-44-23-8-3-6-20(15-23)30(43)40-13-11-39(12-14-40)28-21(16-35)7-4-10-36-28/h1-10,15,25-27,37H,11-14,17-19H2,(H,38,42). The van der Waals surface area contributed by atoms with E-state index in [0.29, 0.717) is 48.9 Å². The van der Waals surface area contributed by atoms with Crippen LogP contribution in [0, 0.1) is 17.2 Å². The summed E-state index contributed by atoms with van der Waals surface area (Å²) >= 11 is 0. The zero-order valence-corrected chi connectivity index (χ0v) is 23.6. The van der Waals surface area contributed by atoms with Gasteiger partial charge >= 0.3 is 6.18 Å². The monoisotopic (exact) mass is 605 g/mol. The number of carbonyl (C=O) groups excluding carboxylic acids is 2. The Kier molecular flexibility index (Phi) is 8.11. The third kappa shape index (κ3) is 5.78. The van der Waals surface area contributed by atoms with E-state index in [1.807, 2.05) is 29.2 Å². The number of pyridine rings is 1. The summed E-state index contributed by atoms with van der Waals surface area (Å²) in [6, 6.07) is 18.1. The summed E-state index contributed by atoms with van der Waals surface area (Å²) in [7, 11) is 0. The molecule has 10 nitrogen and oxygen atoms in total. The fourth-order valence-electron chi connectivity index (χ4n) is 6.25. The maximum atomic E-state index is 14.0. The Morgan fingerprint density at radius 3 is 2.64 bits per heavy atom. The summed E-state index contributed by atoms with van der Waals surface area (Å²) in [6.07, 6.45) is -3.08. The van der Waals surface area contributed by atoms with Gasteiger partial charge in [-0.1, -0.05) is 30.3 Å². The van der Waals surface area contributed by atoms with E-state index >= 15 is 0 Å². The largest absolute Gasteiger partial charge is 0.492 e. The van der Waals surface area contributed by atoms with Crippen LogP contribution in [0.25, 0.3) is 0 Å². The molecule has 2 saturated heterocycles. The highest BCUT2D eigenvalue weighted by Gasteiger charge is 2.55. The van der Waals surface area contributed by atoms with Crippen molar-refractivity contribution in [1.82, 2.24) is 25.6 Å². The molecule has 3 unspecified atom stereocenters. The van der Waals surface area contributed by atoms with Crippen LogP contribution in [-0.4, -0.2) is 78.1 Å². The summed E-state index contributed by atoms with van der Waals surface area (Å²) in [5.74, 6) is -2.45. The van der Waals surface area contributed by atoms with Gasteiger partial charge < -0.3 is 14.5 Å². The molecule has 2 N–H and O–H groups in total. The van der Waals surface area contributed by atoms with Crippen molar-refractivity contribution in [3.8, 4) is 11.8 Å². The van der Waals surface area contributed by atoms with Gasteiger partial charge in [0, 0.05) is 57.1 Å². The molecule has 3 aromatic rings. The Morgan fingerprint density at radius 2 is 1.86 bits per heavy atom. The first-order valence-corrected chi connectivity index (χ1v) is 14.3. The molecule has 2 aromatic carbocycles. The van der Waals surface area contributed by atoms with Crippen molar-refractivity contribution in [3.63, 3.8) is 0 Å². The molecule has 4 heterocycles. The molecule has 13 heteroatoms. The molecule has 0 radical (unpaired) electrons. The zero-order valence-electron chi connectivity index (χ0n) is 23.6. The molecule has 3 aliphatic heterocycles. The minimum absolute atomic E-state index is 0.0291. The second kappa shape index (κ2) is 12.1. The van der Waals surface area contributed by atoms with Crippen LogP contribution >= 0.6 is 0 Å². The van der Waals surface area contributed by atoms with Crippen molar-refractivity contribution in [2.24, 2.45) is 5.92 Å². The first kappa shape index (κ1) is 29.4. The number of ether oxygens (including phenoxy) is 1. The van der Waals surface area contributed by atoms with Crippen LogP contribution in [0.15, 0.2) is 66.9 Å². The molecule has 1 aromatic heterocycles. The van der Waals surface area contributed by atoms with Crippen molar-refractivity contribution < 1.29 is 27.5 Å². The highest BCUT2D eigenvalue weighted by molar-refractivity contribution is 5.94. The molecular formula is C31H30F3N7O3. The van der Waals surface area contributed by atoms with E-state index in [4.69, 9.17) is 4.74 Å². The maximum Gasteiger partial charge on any atom is 0.402 e. The number of fused-ring (bicyclic) bond motifs is 1. The lowest BCUT2D eigenvalue weighted by atomic mass is 9.94. The second-order valence-electron chi connectivity index (χ2n) is 10.9. The average Bonchev–Trinajstić information content (AvgIpc) is 3.41. The molecule has 3 aliphatic rings. The van der Waals surface area contributed by atoms with E-state index < -0.39 is 30.1 Å². The number of hydrogen-bond acceptors (Lipinski definition) is 8. The van der Waals surface area contributed by atoms with Crippen LogP contribution in [0.1, 0.15) is 33.1 Å². The van der Waals surface area contributed by atoms with Crippen molar-refractivity contribution >= 4 is 17.6 Å². The van der Waals surface area contributed by atoms with Crippen molar-refractivity contribution in [2.75, 3.05) is 44.2 Å². The van der Waals surface area contributed by atoms with E-state index in [0.717, 1.165) is 11.1 Å². The maximum absolute atomic E-state index is 14.0. The lowest BCUT2D eigenvalue weighted by Crippen LogP contribution is -2.64. The Balaban J connectivity index is 1.15. The number of nitrogens with zero attached hydrogens (tertiary/aromatic N) is 5. The number of nitrogens with one attached hydrogen (secondary N) is 2. The second-order valence-corrected chi connectivity index (χ2v) is 10.9. The van der Waals surface area contributed by atoms with Crippen LogP contribution in [0.3, 0.4) is 0 Å². The summed E-state index contributed by atoms with van der Waals surface area (Å²) < 4.78 is 48.2. The van der Waals surface area contributed by atoms with Gasteiger partial charge in [-0.15, -0.1) is 0 Å². The van der Waals surface area contributed by atoms with Crippen LogP contribution in [0.5, 0.6) is 5.75 Å². The first-order chi connectivity index (χ1) is 21.2. The molecule has 228 valence electrons. The van der Waals surface area contributed by atoms with Gasteiger partial charge in [-0.05, 0) is 41.5 Å². The molecule has 6 rings (SSSR count). The average molecular weight is 606 g/mol. The number of alkyl halides is 3. The Hall–Kier alpha value is -4.67. The number of benzene rings is 2. The van der Waals surface area contributed by atoms with Crippen molar-refractivity contribution in [1.29, 1.82) is 5.26 Å². The lowest BCUT2D eigenvalue weighted by molar-refractivity contribution is -0.202. The van der Waals surface area contributed by atoms with E-state index in [1.165, 1.54) is 0 Å². The zero-order chi connectivity index (χ0) is 30.8. The number of amides is 2. The van der Waals surface area contributed by atoms with E-state index in [2.05, 4.69) is 21.9 Å². The third-order valence-corrected chi connectivity index (χ3v) is 8.40. The Labute approximate surface area is 252 Å². The van der Waals surface area contributed by atoms with E-state index in [9.17, 15) is 28.0 Å². The van der Waals surface area contributed by atoms with Gasteiger partial charge in [-0.3, -0.25) is 19.9 Å². The highest BCUT2D eigenvalue weighted by atomic mass is 19.4. The summed E-state index contributed by atoms with van der Waals surface area (Å²) in [4.78, 5) is 35.4. The number of hydrogen-bond donors (Lipinski definition) is 2. The van der Waals surface area contributed by atoms with E-state index in [-0.39, 0.29) is 25.6 Å². The fraction of sp³-hybridized carbons (Fsp3) is 0.355. The van der Waals surface area contributed by atoms with Crippen LogP contribution < -0.4 is 20.5 Å². The number of nitriles is 1. The number of anilines is 1. The number of carbonyl (C=O) groups is 2. The molecule has 0 saturated carbocycles. The topological polar surface area (TPSA) is 114 Å². The van der Waals surface area contributed by atoms with E-state index in [1.54, 1.807) is 52.4 Å². The quantitative estimate of drug-likeness (QED) is 0.441. The molecule has 2 fully saturated rings. The number of rotatable bonds is 6. The van der Waals surface area contributed by atoms with Crippen molar-refractivity contribution in [3.05, 3.63) is 89.1 Å². The highest BCUT2D eigenvalue weighted by Crippen LogP contribution is 2.41. The molecular weight excluding hydrogens is 575 g/mol. The third-order valence-electron chi connectivity index (χ3n) is 8.40. The van der Waals surface area contributed by atoms with Gasteiger partial charge in [0.2, 0.25) is 5.91 Å². The molecule has 44 heavy (non-hydrogen) atoms. The summed E-state index contributed by atoms with van der Waals surface area (Å²) in [5.41, 5.74) is 7.37.